The Hall–Kier alpha value is -1.83. The molecule has 1 amide bonds. The van der Waals surface area contributed by atoms with Crippen LogP contribution in [0.3, 0.4) is 0 Å². The number of sulfone groups is 1. The molecule has 2 fully saturated rings. The number of hydrogen-bond acceptors (Lipinski definition) is 4. The van der Waals surface area contributed by atoms with Gasteiger partial charge in [0.15, 0.2) is 15.0 Å². The fraction of sp³-hybridized carbons (Fsp3) is 0.333. The van der Waals surface area contributed by atoms with Crippen molar-refractivity contribution >= 4 is 44.3 Å². The number of fused-ring (bicyclic) bond motifs is 1. The molecule has 0 spiro atoms. The molecule has 29 heavy (non-hydrogen) atoms. The molecule has 152 valence electrons. The van der Waals surface area contributed by atoms with Crippen LogP contribution in [0.5, 0.6) is 0 Å². The van der Waals surface area contributed by atoms with Crippen LogP contribution in [0.2, 0.25) is 5.02 Å². The highest BCUT2D eigenvalue weighted by Crippen LogP contribution is 2.38. The summed E-state index contributed by atoms with van der Waals surface area (Å²) in [6.07, 6.45) is 0.895. The molecule has 0 saturated carbocycles. The summed E-state index contributed by atoms with van der Waals surface area (Å²) >= 11 is 7.57. The molecule has 2 atom stereocenters. The molecule has 0 aromatic heterocycles. The van der Waals surface area contributed by atoms with Gasteiger partial charge in [-0.3, -0.25) is 4.79 Å². The molecule has 2 saturated heterocycles. The Kier molecular flexibility index (Phi) is 5.99. The number of amides is 1. The van der Waals surface area contributed by atoms with E-state index in [-0.39, 0.29) is 35.1 Å². The number of hydrogen-bond donors (Lipinski definition) is 0. The fourth-order valence-corrected chi connectivity index (χ4v) is 7.94. The van der Waals surface area contributed by atoms with Crippen LogP contribution in [0, 0.1) is 0 Å². The quantitative estimate of drug-likeness (QED) is 0.702. The number of carbonyl (C=O) groups excluding carboxylic acids is 1. The lowest BCUT2D eigenvalue weighted by Crippen LogP contribution is -2.39. The second kappa shape index (κ2) is 8.50. The Morgan fingerprint density at radius 2 is 1.83 bits per heavy atom. The number of halogens is 1. The van der Waals surface area contributed by atoms with Crippen LogP contribution < -0.4 is 0 Å². The van der Waals surface area contributed by atoms with Crippen molar-refractivity contribution in [2.45, 2.75) is 24.1 Å². The van der Waals surface area contributed by atoms with E-state index in [0.29, 0.717) is 16.7 Å². The number of carbonyl (C=O) groups is 1. The van der Waals surface area contributed by atoms with Crippen molar-refractivity contribution in [2.24, 2.45) is 4.99 Å². The largest absolute Gasteiger partial charge is 0.346 e. The van der Waals surface area contributed by atoms with Gasteiger partial charge in [0.1, 0.15) is 0 Å². The third-order valence-electron chi connectivity index (χ3n) is 5.18. The smallest absolute Gasteiger partial charge is 0.252 e. The van der Waals surface area contributed by atoms with Crippen molar-refractivity contribution in [3.05, 3.63) is 70.7 Å². The van der Waals surface area contributed by atoms with Gasteiger partial charge in [-0.25, -0.2) is 8.42 Å². The van der Waals surface area contributed by atoms with Crippen LogP contribution in [-0.4, -0.2) is 53.7 Å². The van der Waals surface area contributed by atoms with Gasteiger partial charge in [-0.05, 0) is 23.6 Å². The van der Waals surface area contributed by atoms with E-state index in [4.69, 9.17) is 11.6 Å². The highest BCUT2D eigenvalue weighted by molar-refractivity contribution is 8.15. The summed E-state index contributed by atoms with van der Waals surface area (Å²) in [5.74, 6) is -0.00727. The third kappa shape index (κ3) is 4.85. The van der Waals surface area contributed by atoms with E-state index in [1.807, 2.05) is 53.4 Å². The van der Waals surface area contributed by atoms with Crippen molar-refractivity contribution in [2.75, 3.05) is 18.1 Å². The highest BCUT2D eigenvalue weighted by atomic mass is 35.5. The maximum Gasteiger partial charge on any atom is 0.252 e. The SMILES string of the molecule is O=C(Cc1ccccc1Cl)N=C1S[C@@H]2CS(=O)(=O)C[C@@H]2N1CCc1ccccc1. The molecular formula is C21H21ClN2O3S2. The van der Waals surface area contributed by atoms with Crippen LogP contribution in [0.25, 0.3) is 0 Å². The molecule has 2 aliphatic heterocycles. The highest BCUT2D eigenvalue weighted by Gasteiger charge is 2.48. The van der Waals surface area contributed by atoms with E-state index in [0.717, 1.165) is 12.0 Å². The zero-order valence-electron chi connectivity index (χ0n) is 15.7. The molecule has 2 aliphatic rings. The van der Waals surface area contributed by atoms with Gasteiger partial charge in [-0.15, -0.1) is 0 Å². The monoisotopic (exact) mass is 448 g/mol. The molecule has 0 bridgehead atoms. The molecule has 0 radical (unpaired) electrons. The summed E-state index contributed by atoms with van der Waals surface area (Å²) in [5.41, 5.74) is 1.91. The Morgan fingerprint density at radius 1 is 1.10 bits per heavy atom. The predicted molar refractivity (Wildman–Crippen MR) is 118 cm³/mol. The summed E-state index contributed by atoms with van der Waals surface area (Å²) in [6.45, 7) is 0.631. The second-order valence-electron chi connectivity index (χ2n) is 7.29. The summed E-state index contributed by atoms with van der Waals surface area (Å²) in [5, 5.41) is 1.11. The van der Waals surface area contributed by atoms with Gasteiger partial charge < -0.3 is 4.90 Å². The van der Waals surface area contributed by atoms with Crippen molar-refractivity contribution in [3.63, 3.8) is 0 Å². The van der Waals surface area contributed by atoms with Crippen molar-refractivity contribution in [1.82, 2.24) is 4.90 Å². The molecule has 0 aliphatic carbocycles. The number of amidine groups is 1. The average molecular weight is 449 g/mol. The molecule has 0 N–H and O–H groups in total. The van der Waals surface area contributed by atoms with Crippen molar-refractivity contribution < 1.29 is 13.2 Å². The molecule has 5 nitrogen and oxygen atoms in total. The average Bonchev–Trinajstić information content (AvgIpc) is 3.14. The van der Waals surface area contributed by atoms with Gasteiger partial charge >= 0.3 is 0 Å². The first-order valence-electron chi connectivity index (χ1n) is 9.44. The number of nitrogens with zero attached hydrogens (tertiary/aromatic N) is 2. The van der Waals surface area contributed by atoms with Crippen LogP contribution in [-0.2, 0) is 27.5 Å². The fourth-order valence-electron chi connectivity index (χ4n) is 3.74. The standard InChI is InChI=1S/C21H21ClN2O3S2/c22-17-9-5-4-8-16(17)12-20(25)23-21-24(11-10-15-6-2-1-3-7-15)18-13-29(26,27)14-19(18)28-21/h1-9,18-19H,10-14H2/t18-,19+/m0/s1. The third-order valence-corrected chi connectivity index (χ3v) is 8.80. The summed E-state index contributed by atoms with van der Waals surface area (Å²) in [7, 11) is -3.05. The van der Waals surface area contributed by atoms with E-state index in [2.05, 4.69) is 4.99 Å². The van der Waals surface area contributed by atoms with Gasteiger partial charge in [-0.1, -0.05) is 71.9 Å². The zero-order valence-corrected chi connectivity index (χ0v) is 18.1. The van der Waals surface area contributed by atoms with Gasteiger partial charge in [-0.2, -0.15) is 4.99 Å². The maximum absolute atomic E-state index is 12.6. The van der Waals surface area contributed by atoms with Crippen molar-refractivity contribution in [3.8, 4) is 0 Å². The minimum absolute atomic E-state index is 0.0670. The number of rotatable bonds is 5. The van der Waals surface area contributed by atoms with Crippen LogP contribution in [0.4, 0.5) is 0 Å². The molecule has 2 aromatic rings. The number of aliphatic imine (C=N–C) groups is 1. The Morgan fingerprint density at radius 3 is 2.59 bits per heavy atom. The molecule has 2 heterocycles. The van der Waals surface area contributed by atoms with Crippen LogP contribution in [0.15, 0.2) is 59.6 Å². The first-order valence-corrected chi connectivity index (χ1v) is 12.5. The summed E-state index contributed by atoms with van der Waals surface area (Å²) < 4.78 is 24.2. The normalized spacial score (nSPS) is 24.0. The van der Waals surface area contributed by atoms with Gasteiger partial charge in [0, 0.05) is 16.8 Å². The Bertz CT molecular complexity index is 1040. The molecule has 4 rings (SSSR count). The Balaban J connectivity index is 1.53. The first kappa shape index (κ1) is 20.4. The number of benzene rings is 2. The van der Waals surface area contributed by atoms with Gasteiger partial charge in [0.2, 0.25) is 0 Å². The van der Waals surface area contributed by atoms with E-state index in [9.17, 15) is 13.2 Å². The zero-order chi connectivity index (χ0) is 20.4. The summed E-state index contributed by atoms with van der Waals surface area (Å²) in [4.78, 5) is 18.9. The minimum atomic E-state index is -3.05. The van der Waals surface area contributed by atoms with Gasteiger partial charge in [0.25, 0.3) is 5.91 Å². The topological polar surface area (TPSA) is 66.8 Å². The second-order valence-corrected chi connectivity index (χ2v) is 11.1. The van der Waals surface area contributed by atoms with E-state index < -0.39 is 9.84 Å². The first-order chi connectivity index (χ1) is 13.9. The lowest BCUT2D eigenvalue weighted by atomic mass is 10.1. The molecule has 8 heteroatoms. The van der Waals surface area contributed by atoms with Gasteiger partial charge in [0.05, 0.1) is 24.0 Å². The lowest BCUT2D eigenvalue weighted by molar-refractivity contribution is -0.117. The number of thioether (sulfide) groups is 1. The van der Waals surface area contributed by atoms with Crippen molar-refractivity contribution in [1.29, 1.82) is 0 Å². The maximum atomic E-state index is 12.6. The summed E-state index contributed by atoms with van der Waals surface area (Å²) in [6, 6.07) is 17.1. The Labute approximate surface area is 180 Å². The van der Waals surface area contributed by atoms with E-state index in [1.165, 1.54) is 17.3 Å². The predicted octanol–water partition coefficient (Wildman–Crippen LogP) is 3.22. The lowest BCUT2D eigenvalue weighted by Gasteiger charge is -2.24. The van der Waals surface area contributed by atoms with Crippen LogP contribution >= 0.6 is 23.4 Å². The molecule has 2 aromatic carbocycles. The van der Waals surface area contributed by atoms with Crippen LogP contribution in [0.1, 0.15) is 11.1 Å². The van der Waals surface area contributed by atoms with E-state index in [1.54, 1.807) is 6.07 Å². The molecule has 0 unspecified atom stereocenters. The minimum Gasteiger partial charge on any atom is -0.346 e. The molecular weight excluding hydrogens is 428 g/mol. The van der Waals surface area contributed by atoms with E-state index >= 15 is 0 Å².